The Morgan fingerprint density at radius 2 is 2.06 bits per heavy atom. The molecular weight excluding hydrogens is 296 g/mol. The van der Waals surface area contributed by atoms with Crippen LogP contribution in [0.1, 0.15) is 10.4 Å². The number of thiophene rings is 1. The number of rotatable bonds is 5. The van der Waals surface area contributed by atoms with Gasteiger partial charge in [0.1, 0.15) is 0 Å². The second-order valence-corrected chi connectivity index (χ2v) is 4.47. The van der Waals surface area contributed by atoms with Crippen molar-refractivity contribution in [3.05, 3.63) is 21.9 Å². The Morgan fingerprint density at radius 3 is 2.50 bits per heavy atom. The number of hydrogen-bond acceptors (Lipinski definition) is 5. The number of carbonyl (C=O) groups is 1. The smallest absolute Gasteiger partial charge is 0.371 e. The van der Waals surface area contributed by atoms with Gasteiger partial charge in [-0.1, -0.05) is 15.9 Å². The fourth-order valence-corrected chi connectivity index (χ4v) is 2.91. The predicted molar refractivity (Wildman–Crippen MR) is 64.7 cm³/mol. The van der Waals surface area contributed by atoms with E-state index < -0.39 is 11.8 Å². The van der Waals surface area contributed by atoms with E-state index in [1.807, 2.05) is 5.38 Å². The highest BCUT2D eigenvalue weighted by Crippen LogP contribution is 2.34. The van der Waals surface area contributed by atoms with Crippen molar-refractivity contribution >= 4 is 33.2 Å². The van der Waals surface area contributed by atoms with E-state index >= 15 is 0 Å². The number of esters is 1. The average Bonchev–Trinajstić information content (AvgIpc) is 2.80. The Kier molecular flexibility index (Phi) is 4.91. The normalized spacial score (nSPS) is 11.5. The molecule has 1 aromatic rings. The molecule has 0 aromatic carbocycles. The van der Waals surface area contributed by atoms with Crippen LogP contribution in [0.15, 0.2) is 11.4 Å². The average molecular weight is 309 g/mol. The molecule has 0 N–H and O–H groups in total. The zero-order valence-corrected chi connectivity index (χ0v) is 11.7. The molecule has 6 heteroatoms. The standard InChI is InChI=1S/C10H13BrO4S/c1-13-9(12)10(14-2,15-3)7-4-5-16-8(7)6-11/h4-5H,6H2,1-3H3. The van der Waals surface area contributed by atoms with Gasteiger partial charge in [-0.15, -0.1) is 11.3 Å². The van der Waals surface area contributed by atoms with Crippen LogP contribution in [-0.2, 0) is 30.1 Å². The molecule has 0 aliphatic rings. The van der Waals surface area contributed by atoms with E-state index in [0.717, 1.165) is 4.88 Å². The lowest BCUT2D eigenvalue weighted by Crippen LogP contribution is -2.41. The zero-order chi connectivity index (χ0) is 12.2. The second-order valence-electron chi connectivity index (χ2n) is 2.91. The third-order valence-electron chi connectivity index (χ3n) is 2.25. The molecule has 4 nitrogen and oxygen atoms in total. The first-order valence-corrected chi connectivity index (χ1v) is 6.48. The van der Waals surface area contributed by atoms with Crippen LogP contribution in [-0.4, -0.2) is 27.3 Å². The molecule has 0 saturated heterocycles. The summed E-state index contributed by atoms with van der Waals surface area (Å²) in [5.74, 6) is -2.05. The van der Waals surface area contributed by atoms with Gasteiger partial charge in [0.15, 0.2) is 0 Å². The van der Waals surface area contributed by atoms with Crippen LogP contribution in [0.4, 0.5) is 0 Å². The number of ether oxygens (including phenoxy) is 3. The van der Waals surface area contributed by atoms with Gasteiger partial charge in [-0.2, -0.15) is 0 Å². The summed E-state index contributed by atoms with van der Waals surface area (Å²) in [6, 6.07) is 1.80. The van der Waals surface area contributed by atoms with Crippen LogP contribution >= 0.6 is 27.3 Å². The highest BCUT2D eigenvalue weighted by Gasteiger charge is 2.44. The predicted octanol–water partition coefficient (Wildman–Crippen LogP) is 2.26. The molecule has 0 saturated carbocycles. The van der Waals surface area contributed by atoms with Gasteiger partial charge in [-0.25, -0.2) is 4.79 Å². The number of methoxy groups -OCH3 is 3. The number of hydrogen-bond donors (Lipinski definition) is 0. The van der Waals surface area contributed by atoms with E-state index in [1.165, 1.54) is 32.7 Å². The molecule has 16 heavy (non-hydrogen) atoms. The number of alkyl halides is 1. The maximum Gasteiger partial charge on any atom is 0.371 e. The molecule has 0 radical (unpaired) electrons. The summed E-state index contributed by atoms with van der Waals surface area (Å²) in [5, 5.41) is 2.51. The van der Waals surface area contributed by atoms with E-state index in [1.54, 1.807) is 6.07 Å². The van der Waals surface area contributed by atoms with Gasteiger partial charge < -0.3 is 14.2 Å². The maximum absolute atomic E-state index is 11.8. The van der Waals surface area contributed by atoms with Crippen LogP contribution < -0.4 is 0 Å². The van der Waals surface area contributed by atoms with Crippen LogP contribution in [0.25, 0.3) is 0 Å². The second kappa shape index (κ2) is 5.77. The summed E-state index contributed by atoms with van der Waals surface area (Å²) in [4.78, 5) is 12.7. The number of carbonyl (C=O) groups excluding carboxylic acids is 1. The molecule has 0 bridgehead atoms. The van der Waals surface area contributed by atoms with Gasteiger partial charge in [0.2, 0.25) is 0 Å². The van der Waals surface area contributed by atoms with Gasteiger partial charge in [0.05, 0.1) is 7.11 Å². The van der Waals surface area contributed by atoms with Crippen LogP contribution in [0.5, 0.6) is 0 Å². The minimum atomic E-state index is -1.47. The minimum Gasteiger partial charge on any atom is -0.465 e. The van der Waals surface area contributed by atoms with Gasteiger partial charge in [-0.3, -0.25) is 0 Å². The zero-order valence-electron chi connectivity index (χ0n) is 9.28. The first-order valence-electron chi connectivity index (χ1n) is 4.47. The van der Waals surface area contributed by atoms with E-state index in [4.69, 9.17) is 14.2 Å². The van der Waals surface area contributed by atoms with Crippen LogP contribution in [0.2, 0.25) is 0 Å². The fraction of sp³-hybridized carbons (Fsp3) is 0.500. The van der Waals surface area contributed by atoms with Crippen molar-refractivity contribution in [1.29, 1.82) is 0 Å². The third-order valence-corrected chi connectivity index (χ3v) is 4.10. The largest absolute Gasteiger partial charge is 0.465 e. The molecule has 0 fully saturated rings. The quantitative estimate of drug-likeness (QED) is 0.475. The van der Waals surface area contributed by atoms with E-state index in [0.29, 0.717) is 10.9 Å². The lowest BCUT2D eigenvalue weighted by atomic mass is 10.1. The molecule has 0 unspecified atom stereocenters. The summed E-state index contributed by atoms with van der Waals surface area (Å²) < 4.78 is 15.2. The van der Waals surface area contributed by atoms with Gasteiger partial charge in [-0.05, 0) is 11.4 Å². The molecule has 1 aromatic heterocycles. The minimum absolute atomic E-state index is 0.571. The molecule has 0 aliphatic carbocycles. The first kappa shape index (κ1) is 13.6. The Balaban J connectivity index is 3.25. The molecular formula is C10H13BrO4S. The third kappa shape index (κ3) is 2.15. The van der Waals surface area contributed by atoms with Gasteiger partial charge in [0, 0.05) is 30.0 Å². The molecule has 0 amide bonds. The molecule has 0 atom stereocenters. The lowest BCUT2D eigenvalue weighted by Gasteiger charge is -2.27. The van der Waals surface area contributed by atoms with Crippen LogP contribution in [0, 0.1) is 0 Å². The SMILES string of the molecule is COC(=O)C(OC)(OC)c1ccsc1CBr. The van der Waals surface area contributed by atoms with E-state index in [9.17, 15) is 4.79 Å². The Labute approximate surface area is 107 Å². The Hall–Kier alpha value is -0.430. The fourth-order valence-electron chi connectivity index (χ4n) is 1.45. The summed E-state index contributed by atoms with van der Waals surface area (Å²) in [6.45, 7) is 0. The van der Waals surface area contributed by atoms with Crippen molar-refractivity contribution in [2.75, 3.05) is 21.3 Å². The van der Waals surface area contributed by atoms with E-state index in [2.05, 4.69) is 15.9 Å². The van der Waals surface area contributed by atoms with Crippen molar-refractivity contribution in [3.8, 4) is 0 Å². The summed E-state index contributed by atoms with van der Waals surface area (Å²) >= 11 is 4.88. The molecule has 0 spiro atoms. The molecule has 1 rings (SSSR count). The van der Waals surface area contributed by atoms with Crippen molar-refractivity contribution in [2.24, 2.45) is 0 Å². The highest BCUT2D eigenvalue weighted by atomic mass is 79.9. The van der Waals surface area contributed by atoms with Crippen molar-refractivity contribution in [3.63, 3.8) is 0 Å². The lowest BCUT2D eigenvalue weighted by molar-refractivity contribution is -0.233. The summed E-state index contributed by atoms with van der Waals surface area (Å²) in [5.41, 5.74) is 0.672. The first-order chi connectivity index (χ1) is 7.66. The van der Waals surface area contributed by atoms with Crippen molar-refractivity contribution in [2.45, 2.75) is 11.1 Å². The van der Waals surface area contributed by atoms with Crippen LogP contribution in [0.3, 0.4) is 0 Å². The topological polar surface area (TPSA) is 44.8 Å². The maximum atomic E-state index is 11.8. The number of halogens is 1. The Bertz CT molecular complexity index is 359. The summed E-state index contributed by atoms with van der Waals surface area (Å²) in [6.07, 6.45) is 0. The Morgan fingerprint density at radius 1 is 1.44 bits per heavy atom. The molecule has 0 aliphatic heterocycles. The molecule has 1 heterocycles. The van der Waals surface area contributed by atoms with Gasteiger partial charge >= 0.3 is 5.97 Å². The monoisotopic (exact) mass is 308 g/mol. The van der Waals surface area contributed by atoms with Crippen molar-refractivity contribution < 1.29 is 19.0 Å². The van der Waals surface area contributed by atoms with Gasteiger partial charge in [0.25, 0.3) is 5.79 Å². The van der Waals surface area contributed by atoms with E-state index in [-0.39, 0.29) is 0 Å². The molecule has 90 valence electrons. The summed E-state index contributed by atoms with van der Waals surface area (Å²) in [7, 11) is 4.13. The van der Waals surface area contributed by atoms with Crippen molar-refractivity contribution in [1.82, 2.24) is 0 Å². The highest BCUT2D eigenvalue weighted by molar-refractivity contribution is 9.08.